The zero-order valence-corrected chi connectivity index (χ0v) is 10.3. The molecule has 0 amide bonds. The van der Waals surface area contributed by atoms with Crippen LogP contribution in [-0.4, -0.2) is 54.6 Å². The van der Waals surface area contributed by atoms with Gasteiger partial charge in [-0.05, 0) is 44.6 Å². The molecule has 0 aromatic heterocycles. The topological polar surface area (TPSA) is 32.5 Å². The molecule has 3 fully saturated rings. The zero-order valence-electron chi connectivity index (χ0n) is 10.3. The van der Waals surface area contributed by atoms with E-state index in [-0.39, 0.29) is 0 Å². The molecule has 2 saturated heterocycles. The number of rotatable bonds is 2. The molecule has 3 atom stereocenters. The second kappa shape index (κ2) is 4.63. The zero-order chi connectivity index (χ0) is 11.0. The van der Waals surface area contributed by atoms with Gasteiger partial charge in [0, 0.05) is 38.3 Å². The van der Waals surface area contributed by atoms with Gasteiger partial charge in [0.15, 0.2) is 0 Å². The predicted molar refractivity (Wildman–Crippen MR) is 66.4 cm³/mol. The Morgan fingerprint density at radius 3 is 2.81 bits per heavy atom. The first kappa shape index (κ1) is 11.0. The molecule has 2 heterocycles. The van der Waals surface area contributed by atoms with Crippen LogP contribution in [0.3, 0.4) is 0 Å². The largest absolute Gasteiger partial charge is 0.328 e. The van der Waals surface area contributed by atoms with Crippen LogP contribution in [-0.2, 0) is 0 Å². The third kappa shape index (κ3) is 2.27. The molecule has 0 spiro atoms. The van der Waals surface area contributed by atoms with E-state index < -0.39 is 0 Å². The first-order valence-corrected chi connectivity index (χ1v) is 7.03. The van der Waals surface area contributed by atoms with Crippen molar-refractivity contribution in [1.82, 2.24) is 9.80 Å². The Labute approximate surface area is 99.0 Å². The van der Waals surface area contributed by atoms with E-state index in [1.54, 1.807) is 0 Å². The normalized spacial score (nSPS) is 41.4. The molecular weight excluding hydrogens is 198 g/mol. The molecule has 0 aromatic rings. The van der Waals surface area contributed by atoms with Crippen molar-refractivity contribution in [2.45, 2.75) is 44.2 Å². The first-order chi connectivity index (χ1) is 7.81. The maximum absolute atomic E-state index is 5.99. The molecular formula is C13H25N3. The van der Waals surface area contributed by atoms with E-state index in [0.717, 1.165) is 12.0 Å². The average Bonchev–Trinajstić information content (AvgIpc) is 2.87. The van der Waals surface area contributed by atoms with Crippen molar-refractivity contribution in [3.8, 4) is 0 Å². The summed E-state index contributed by atoms with van der Waals surface area (Å²) in [6.45, 7) is 6.60. The van der Waals surface area contributed by atoms with Gasteiger partial charge in [-0.15, -0.1) is 0 Å². The van der Waals surface area contributed by atoms with Crippen molar-refractivity contribution in [3.05, 3.63) is 0 Å². The molecule has 3 heteroatoms. The summed E-state index contributed by atoms with van der Waals surface area (Å²) in [6.07, 6.45) is 6.75. The molecule has 3 rings (SSSR count). The SMILES string of the molecule is NC1CCC(CN2CCN3CCCC3C2)C1. The number of hydrogen-bond donors (Lipinski definition) is 1. The first-order valence-electron chi connectivity index (χ1n) is 7.03. The highest BCUT2D eigenvalue weighted by Gasteiger charge is 2.32. The van der Waals surface area contributed by atoms with E-state index in [2.05, 4.69) is 9.80 Å². The van der Waals surface area contributed by atoms with Gasteiger partial charge in [0.1, 0.15) is 0 Å². The van der Waals surface area contributed by atoms with Gasteiger partial charge in [0.05, 0.1) is 0 Å². The predicted octanol–water partition coefficient (Wildman–Crippen LogP) is 0.894. The molecule has 16 heavy (non-hydrogen) atoms. The molecule has 3 aliphatic rings. The Kier molecular flexibility index (Phi) is 3.18. The number of nitrogens with two attached hydrogens (primary N) is 1. The summed E-state index contributed by atoms with van der Waals surface area (Å²) < 4.78 is 0. The lowest BCUT2D eigenvalue weighted by atomic mass is 10.1. The van der Waals surface area contributed by atoms with Gasteiger partial charge < -0.3 is 10.6 Å². The van der Waals surface area contributed by atoms with Crippen LogP contribution in [0.5, 0.6) is 0 Å². The molecule has 1 saturated carbocycles. The summed E-state index contributed by atoms with van der Waals surface area (Å²) in [5, 5.41) is 0. The summed E-state index contributed by atoms with van der Waals surface area (Å²) in [7, 11) is 0. The van der Waals surface area contributed by atoms with Gasteiger partial charge in [0.2, 0.25) is 0 Å². The fourth-order valence-electron chi connectivity index (χ4n) is 3.87. The van der Waals surface area contributed by atoms with Crippen molar-refractivity contribution in [2.75, 3.05) is 32.7 Å². The van der Waals surface area contributed by atoms with Crippen molar-refractivity contribution in [1.29, 1.82) is 0 Å². The maximum atomic E-state index is 5.99. The second-order valence-electron chi connectivity index (χ2n) is 6.03. The van der Waals surface area contributed by atoms with Gasteiger partial charge in [-0.1, -0.05) is 0 Å². The van der Waals surface area contributed by atoms with E-state index >= 15 is 0 Å². The molecule has 2 aliphatic heterocycles. The number of nitrogens with zero attached hydrogens (tertiary/aromatic N) is 2. The van der Waals surface area contributed by atoms with E-state index in [0.29, 0.717) is 6.04 Å². The highest BCUT2D eigenvalue weighted by Crippen LogP contribution is 2.27. The van der Waals surface area contributed by atoms with E-state index in [1.165, 1.54) is 64.8 Å². The Bertz CT molecular complexity index is 243. The van der Waals surface area contributed by atoms with Gasteiger partial charge in [-0.3, -0.25) is 4.90 Å². The minimum Gasteiger partial charge on any atom is -0.328 e. The highest BCUT2D eigenvalue weighted by atomic mass is 15.3. The minimum absolute atomic E-state index is 0.498. The fraction of sp³-hybridized carbons (Fsp3) is 1.00. The molecule has 3 unspecified atom stereocenters. The molecule has 92 valence electrons. The summed E-state index contributed by atoms with van der Waals surface area (Å²) in [4.78, 5) is 5.39. The van der Waals surface area contributed by atoms with E-state index in [4.69, 9.17) is 5.73 Å². The van der Waals surface area contributed by atoms with Crippen LogP contribution in [0, 0.1) is 5.92 Å². The molecule has 0 bridgehead atoms. The molecule has 0 aromatic carbocycles. The van der Waals surface area contributed by atoms with Crippen LogP contribution in [0.15, 0.2) is 0 Å². The molecule has 2 N–H and O–H groups in total. The number of fused-ring (bicyclic) bond motifs is 1. The lowest BCUT2D eigenvalue weighted by molar-refractivity contribution is 0.0922. The summed E-state index contributed by atoms with van der Waals surface area (Å²) >= 11 is 0. The van der Waals surface area contributed by atoms with Gasteiger partial charge in [-0.25, -0.2) is 0 Å². The van der Waals surface area contributed by atoms with Crippen LogP contribution in [0.2, 0.25) is 0 Å². The number of hydrogen-bond acceptors (Lipinski definition) is 3. The highest BCUT2D eigenvalue weighted by molar-refractivity contribution is 4.88. The lowest BCUT2D eigenvalue weighted by Gasteiger charge is -2.38. The fourth-order valence-corrected chi connectivity index (χ4v) is 3.87. The van der Waals surface area contributed by atoms with Gasteiger partial charge >= 0.3 is 0 Å². The summed E-state index contributed by atoms with van der Waals surface area (Å²) in [5.74, 6) is 0.892. The Morgan fingerprint density at radius 1 is 1.06 bits per heavy atom. The third-order valence-electron chi connectivity index (χ3n) is 4.77. The monoisotopic (exact) mass is 223 g/mol. The van der Waals surface area contributed by atoms with Gasteiger partial charge in [-0.2, -0.15) is 0 Å². The Hall–Kier alpha value is -0.120. The van der Waals surface area contributed by atoms with Crippen LogP contribution < -0.4 is 5.73 Å². The second-order valence-corrected chi connectivity index (χ2v) is 6.03. The number of piperazine rings is 1. The van der Waals surface area contributed by atoms with Crippen LogP contribution in [0.1, 0.15) is 32.1 Å². The van der Waals surface area contributed by atoms with Crippen LogP contribution in [0.4, 0.5) is 0 Å². The average molecular weight is 223 g/mol. The van der Waals surface area contributed by atoms with Crippen molar-refractivity contribution in [2.24, 2.45) is 11.7 Å². The quantitative estimate of drug-likeness (QED) is 0.755. The molecule has 1 aliphatic carbocycles. The maximum Gasteiger partial charge on any atom is 0.0224 e. The summed E-state index contributed by atoms with van der Waals surface area (Å²) in [5.41, 5.74) is 5.99. The van der Waals surface area contributed by atoms with E-state index in [1.807, 2.05) is 0 Å². The smallest absolute Gasteiger partial charge is 0.0224 e. The van der Waals surface area contributed by atoms with E-state index in [9.17, 15) is 0 Å². The lowest BCUT2D eigenvalue weighted by Crippen LogP contribution is -2.51. The van der Waals surface area contributed by atoms with Crippen molar-refractivity contribution in [3.63, 3.8) is 0 Å². The Balaban J connectivity index is 1.49. The molecule has 0 radical (unpaired) electrons. The standard InChI is InChI=1S/C13H25N3/c14-12-4-3-11(8-12)9-15-6-7-16-5-1-2-13(16)10-15/h11-13H,1-10,14H2. The van der Waals surface area contributed by atoms with Crippen LogP contribution in [0.25, 0.3) is 0 Å². The van der Waals surface area contributed by atoms with Gasteiger partial charge in [0.25, 0.3) is 0 Å². The van der Waals surface area contributed by atoms with Crippen molar-refractivity contribution >= 4 is 0 Å². The Morgan fingerprint density at radius 2 is 2.00 bits per heavy atom. The third-order valence-corrected chi connectivity index (χ3v) is 4.77. The minimum atomic E-state index is 0.498. The van der Waals surface area contributed by atoms with Crippen molar-refractivity contribution < 1.29 is 0 Å². The molecule has 3 nitrogen and oxygen atoms in total. The van der Waals surface area contributed by atoms with Crippen LogP contribution >= 0.6 is 0 Å². The summed E-state index contributed by atoms with van der Waals surface area (Å²) in [6, 6.07) is 1.38.